The topological polar surface area (TPSA) is 132 Å². The highest BCUT2D eigenvalue weighted by molar-refractivity contribution is 6.32. The lowest BCUT2D eigenvalue weighted by Gasteiger charge is -2.48. The molecule has 1 saturated heterocycles. The Kier molecular flexibility index (Phi) is 7.54. The maximum atomic E-state index is 12.9. The second-order valence-electron chi connectivity index (χ2n) is 11.4. The summed E-state index contributed by atoms with van der Waals surface area (Å²) in [6, 6.07) is 3.72. The number of nitriles is 1. The van der Waals surface area contributed by atoms with E-state index in [1.54, 1.807) is 10.7 Å². The van der Waals surface area contributed by atoms with Crippen LogP contribution >= 0.6 is 11.6 Å². The largest absolute Gasteiger partial charge is 0.493 e. The van der Waals surface area contributed by atoms with Crippen LogP contribution in [0.3, 0.4) is 0 Å². The van der Waals surface area contributed by atoms with E-state index < -0.39 is 11.1 Å². The average molecular weight is 554 g/mol. The Bertz CT molecular complexity index is 1460. The number of rotatable bonds is 7. The number of benzene rings is 1. The van der Waals surface area contributed by atoms with Crippen molar-refractivity contribution in [2.24, 2.45) is 0 Å². The third kappa shape index (κ3) is 5.13. The number of hydrogen-bond acceptors (Lipinski definition) is 9. The third-order valence-corrected chi connectivity index (χ3v) is 7.48. The van der Waals surface area contributed by atoms with Gasteiger partial charge in [-0.3, -0.25) is 9.69 Å². The number of nitrogen functional groups attached to an aromatic ring is 1. The molecule has 0 radical (unpaired) electrons. The van der Waals surface area contributed by atoms with E-state index in [0.29, 0.717) is 58.6 Å². The summed E-state index contributed by atoms with van der Waals surface area (Å²) >= 11 is 6.72. The molecule has 0 spiro atoms. The number of aryl methyl sites for hydroxylation is 1. The summed E-state index contributed by atoms with van der Waals surface area (Å²) in [6.45, 7) is 16.5. The highest BCUT2D eigenvalue weighted by Gasteiger charge is 2.46. The number of fused-ring (bicyclic) bond motifs is 1. The molecule has 10 nitrogen and oxygen atoms in total. The number of likely N-dealkylation sites (tertiary alicyclic amines) is 1. The van der Waals surface area contributed by atoms with Crippen LogP contribution in [0.25, 0.3) is 11.0 Å². The SMILES string of the molecule is CCOc1c(C(C)n2nc(C)c3c(N)ncnc32)cc(Cl)c(C#N)c1C1CN(C(C)(C)C(=O)OC(C)(C)C)C1. The van der Waals surface area contributed by atoms with Gasteiger partial charge >= 0.3 is 5.97 Å². The van der Waals surface area contributed by atoms with Crippen molar-refractivity contribution >= 4 is 34.4 Å². The molecule has 1 atom stereocenters. The second-order valence-corrected chi connectivity index (χ2v) is 11.8. The zero-order chi connectivity index (χ0) is 28.9. The Morgan fingerprint density at radius 3 is 2.54 bits per heavy atom. The molecule has 1 fully saturated rings. The van der Waals surface area contributed by atoms with Gasteiger partial charge in [-0.05, 0) is 61.5 Å². The van der Waals surface area contributed by atoms with Crippen LogP contribution in [-0.2, 0) is 9.53 Å². The lowest BCUT2D eigenvalue weighted by molar-refractivity contribution is -0.171. The molecule has 0 saturated carbocycles. The highest BCUT2D eigenvalue weighted by atomic mass is 35.5. The average Bonchev–Trinajstić information content (AvgIpc) is 3.15. The molecule has 2 aromatic heterocycles. The number of hydrogen-bond donors (Lipinski definition) is 1. The molecule has 1 aliphatic heterocycles. The minimum Gasteiger partial charge on any atom is -0.493 e. The maximum absolute atomic E-state index is 12.9. The predicted octanol–water partition coefficient (Wildman–Crippen LogP) is 4.77. The molecule has 208 valence electrons. The van der Waals surface area contributed by atoms with Gasteiger partial charge in [0.2, 0.25) is 0 Å². The Balaban J connectivity index is 1.76. The van der Waals surface area contributed by atoms with E-state index in [-0.39, 0.29) is 17.9 Å². The lowest BCUT2D eigenvalue weighted by atomic mass is 9.82. The van der Waals surface area contributed by atoms with E-state index >= 15 is 0 Å². The molecule has 11 heteroatoms. The van der Waals surface area contributed by atoms with Crippen molar-refractivity contribution in [1.29, 1.82) is 5.26 Å². The number of ether oxygens (including phenoxy) is 2. The number of carbonyl (C=O) groups is 1. The van der Waals surface area contributed by atoms with E-state index in [9.17, 15) is 10.1 Å². The second kappa shape index (κ2) is 10.3. The highest BCUT2D eigenvalue weighted by Crippen LogP contribution is 2.46. The van der Waals surface area contributed by atoms with Crippen molar-refractivity contribution < 1.29 is 14.3 Å². The molecule has 3 heterocycles. The van der Waals surface area contributed by atoms with Crippen LogP contribution in [-0.4, -0.2) is 61.5 Å². The van der Waals surface area contributed by atoms with Crippen LogP contribution < -0.4 is 10.5 Å². The fraction of sp³-hybridized carbons (Fsp3) is 0.536. The van der Waals surface area contributed by atoms with Gasteiger partial charge in [0.25, 0.3) is 0 Å². The summed E-state index contributed by atoms with van der Waals surface area (Å²) < 4.78 is 13.7. The Hall–Kier alpha value is -3.42. The molecule has 39 heavy (non-hydrogen) atoms. The van der Waals surface area contributed by atoms with Crippen molar-refractivity contribution in [1.82, 2.24) is 24.6 Å². The molecular formula is C28H36ClN7O3. The van der Waals surface area contributed by atoms with Crippen molar-refractivity contribution in [3.05, 3.63) is 39.8 Å². The van der Waals surface area contributed by atoms with Crippen LogP contribution in [0.15, 0.2) is 12.4 Å². The molecule has 0 aliphatic carbocycles. The Morgan fingerprint density at radius 1 is 1.28 bits per heavy atom. The van der Waals surface area contributed by atoms with E-state index in [0.717, 1.165) is 11.1 Å². The Labute approximate surface area is 234 Å². The van der Waals surface area contributed by atoms with E-state index in [1.165, 1.54) is 6.33 Å². The standard InChI is InChI=1S/C28H36ClN7O3/c1-9-38-23-18(16(3)36-25-21(15(2)34-36)24(31)32-14-33-25)10-20(29)19(11-30)22(23)17-12-35(13-17)28(7,8)26(37)39-27(4,5)6/h10,14,16-17H,9,12-13H2,1-8H3,(H2,31,32,33). The van der Waals surface area contributed by atoms with Crippen molar-refractivity contribution in [2.75, 3.05) is 25.4 Å². The third-order valence-electron chi connectivity index (χ3n) is 7.19. The minimum atomic E-state index is -0.831. The number of nitrogens with zero attached hydrogens (tertiary/aromatic N) is 6. The summed E-state index contributed by atoms with van der Waals surface area (Å²) in [7, 11) is 0. The molecule has 4 rings (SSSR count). The molecular weight excluding hydrogens is 518 g/mol. The molecule has 2 N–H and O–H groups in total. The lowest BCUT2D eigenvalue weighted by Crippen LogP contribution is -2.61. The number of aromatic nitrogens is 4. The van der Waals surface area contributed by atoms with Crippen molar-refractivity contribution in [2.45, 2.75) is 78.5 Å². The number of carbonyl (C=O) groups excluding carboxylic acids is 1. The van der Waals surface area contributed by atoms with Crippen LogP contribution in [0.5, 0.6) is 5.75 Å². The monoisotopic (exact) mass is 553 g/mol. The molecule has 3 aromatic rings. The summed E-state index contributed by atoms with van der Waals surface area (Å²) in [4.78, 5) is 23.5. The van der Waals surface area contributed by atoms with Crippen molar-refractivity contribution in [3.8, 4) is 11.8 Å². The molecule has 1 aliphatic rings. The fourth-order valence-electron chi connectivity index (χ4n) is 5.01. The summed E-state index contributed by atoms with van der Waals surface area (Å²) in [6.07, 6.45) is 1.41. The quantitative estimate of drug-likeness (QED) is 0.411. The molecule has 1 aromatic carbocycles. The smallest absolute Gasteiger partial charge is 0.326 e. The van der Waals surface area contributed by atoms with E-state index in [2.05, 4.69) is 20.9 Å². The maximum Gasteiger partial charge on any atom is 0.326 e. The van der Waals surface area contributed by atoms with Gasteiger partial charge in [-0.15, -0.1) is 0 Å². The first kappa shape index (κ1) is 28.6. The van der Waals surface area contributed by atoms with Gasteiger partial charge in [0, 0.05) is 30.1 Å². The molecule has 1 unspecified atom stereocenters. The zero-order valence-electron chi connectivity index (χ0n) is 23.8. The predicted molar refractivity (Wildman–Crippen MR) is 150 cm³/mol. The van der Waals surface area contributed by atoms with Gasteiger partial charge < -0.3 is 15.2 Å². The van der Waals surface area contributed by atoms with Gasteiger partial charge in [-0.2, -0.15) is 10.4 Å². The van der Waals surface area contributed by atoms with Gasteiger partial charge in [0.1, 0.15) is 35.1 Å². The molecule has 0 bridgehead atoms. The normalized spacial score (nSPS) is 15.6. The van der Waals surface area contributed by atoms with Crippen LogP contribution in [0.4, 0.5) is 5.82 Å². The first-order chi connectivity index (χ1) is 18.2. The Morgan fingerprint density at radius 2 is 1.95 bits per heavy atom. The summed E-state index contributed by atoms with van der Waals surface area (Å²) in [5.74, 6) is 0.610. The molecule has 0 amide bonds. The fourth-order valence-corrected chi connectivity index (χ4v) is 5.27. The zero-order valence-corrected chi connectivity index (χ0v) is 24.5. The van der Waals surface area contributed by atoms with Gasteiger partial charge in [-0.1, -0.05) is 11.6 Å². The van der Waals surface area contributed by atoms with Crippen molar-refractivity contribution in [3.63, 3.8) is 0 Å². The number of anilines is 1. The number of nitrogens with two attached hydrogens (primary N) is 1. The number of esters is 1. The van der Waals surface area contributed by atoms with E-state index in [4.69, 9.17) is 31.9 Å². The van der Waals surface area contributed by atoms with Gasteiger partial charge in [0.15, 0.2) is 5.65 Å². The minimum absolute atomic E-state index is 0.0679. The summed E-state index contributed by atoms with van der Waals surface area (Å²) in [5.41, 5.74) is 7.92. The van der Waals surface area contributed by atoms with Gasteiger partial charge in [0.05, 0.1) is 34.3 Å². The number of halogens is 1. The first-order valence-electron chi connectivity index (χ1n) is 13.0. The van der Waals surface area contributed by atoms with E-state index in [1.807, 2.05) is 55.4 Å². The van der Waals surface area contributed by atoms with Gasteiger partial charge in [-0.25, -0.2) is 14.6 Å². The first-order valence-corrected chi connectivity index (χ1v) is 13.4. The summed E-state index contributed by atoms with van der Waals surface area (Å²) in [5, 5.41) is 15.8. The van der Waals surface area contributed by atoms with Crippen LogP contribution in [0.2, 0.25) is 5.02 Å². The van der Waals surface area contributed by atoms with Crippen LogP contribution in [0.1, 0.15) is 82.8 Å². The van der Waals surface area contributed by atoms with Crippen LogP contribution in [0, 0.1) is 18.3 Å².